The van der Waals surface area contributed by atoms with E-state index in [1.165, 1.54) is 5.56 Å². The number of likely N-dealkylation sites (tertiary alicyclic amines) is 1. The minimum atomic E-state index is -0.369. The number of benzene rings is 1. The van der Waals surface area contributed by atoms with Crippen LogP contribution in [0.2, 0.25) is 0 Å². The zero-order chi connectivity index (χ0) is 20.6. The maximum atomic E-state index is 12.7. The zero-order valence-corrected chi connectivity index (χ0v) is 17.3. The van der Waals surface area contributed by atoms with Crippen LogP contribution in [0.1, 0.15) is 36.2 Å². The molecule has 0 aliphatic carbocycles. The van der Waals surface area contributed by atoms with Gasteiger partial charge in [0.15, 0.2) is 0 Å². The van der Waals surface area contributed by atoms with Crippen LogP contribution >= 0.6 is 0 Å². The van der Waals surface area contributed by atoms with Gasteiger partial charge >= 0.3 is 0 Å². The van der Waals surface area contributed by atoms with Crippen LogP contribution in [-0.4, -0.2) is 50.1 Å². The quantitative estimate of drug-likeness (QED) is 0.669. The van der Waals surface area contributed by atoms with Crippen molar-refractivity contribution >= 4 is 5.91 Å². The number of nitrogens with zero attached hydrogens (tertiary/aromatic N) is 5. The van der Waals surface area contributed by atoms with E-state index in [-0.39, 0.29) is 11.5 Å². The molecule has 1 amide bonds. The number of rotatable bonds is 4. The highest BCUT2D eigenvalue weighted by Gasteiger charge is 2.44. The number of piperidine rings is 1. The Balaban J connectivity index is 1.27. The first-order chi connectivity index (χ1) is 14.6. The van der Waals surface area contributed by atoms with Crippen LogP contribution in [0.15, 0.2) is 48.8 Å². The summed E-state index contributed by atoms with van der Waals surface area (Å²) in [5, 5.41) is 9.10. The number of hydrogen-bond donors (Lipinski definition) is 0. The molecule has 5 rings (SSSR count). The molecule has 0 bridgehead atoms. The fourth-order valence-electron chi connectivity index (χ4n) is 4.65. The number of amides is 1. The van der Waals surface area contributed by atoms with E-state index in [2.05, 4.69) is 23.4 Å². The first kappa shape index (κ1) is 19.1. The molecule has 7 heteroatoms. The predicted octanol–water partition coefficient (Wildman–Crippen LogP) is 2.63. The van der Waals surface area contributed by atoms with Crippen LogP contribution in [0.3, 0.4) is 0 Å². The highest BCUT2D eigenvalue weighted by atomic mass is 16.5. The van der Waals surface area contributed by atoms with E-state index >= 15 is 0 Å². The highest BCUT2D eigenvalue weighted by Crippen LogP contribution is 2.41. The summed E-state index contributed by atoms with van der Waals surface area (Å²) in [6.07, 6.45) is 7.63. The number of aromatic nitrogens is 4. The third-order valence-corrected chi connectivity index (χ3v) is 6.43. The summed E-state index contributed by atoms with van der Waals surface area (Å²) in [7, 11) is 1.91. The number of carbonyl (C=O) groups is 1. The molecule has 2 aliphatic rings. The molecule has 2 aliphatic heterocycles. The summed E-state index contributed by atoms with van der Waals surface area (Å²) in [6, 6.07) is 12.2. The molecule has 1 saturated heterocycles. The summed E-state index contributed by atoms with van der Waals surface area (Å²) in [5.74, 6) is 0.205. The van der Waals surface area contributed by atoms with Crippen molar-refractivity contribution in [2.45, 2.75) is 37.7 Å². The third kappa shape index (κ3) is 3.43. The van der Waals surface area contributed by atoms with Crippen LogP contribution in [0.25, 0.3) is 5.69 Å². The van der Waals surface area contributed by atoms with E-state index in [0.717, 1.165) is 42.8 Å². The summed E-state index contributed by atoms with van der Waals surface area (Å²) in [6.45, 7) is 2.13. The van der Waals surface area contributed by atoms with Gasteiger partial charge in [0.2, 0.25) is 5.91 Å². The minimum absolute atomic E-state index is 0.205. The van der Waals surface area contributed by atoms with Crippen LogP contribution in [0, 0.1) is 0 Å². The van der Waals surface area contributed by atoms with E-state index in [1.54, 1.807) is 6.20 Å². The maximum Gasteiger partial charge on any atom is 0.222 e. The van der Waals surface area contributed by atoms with Crippen LogP contribution in [0.4, 0.5) is 0 Å². The summed E-state index contributed by atoms with van der Waals surface area (Å²) in [5.41, 5.74) is 4.10. The molecule has 0 saturated carbocycles. The molecule has 156 valence electrons. The summed E-state index contributed by atoms with van der Waals surface area (Å²) < 4.78 is 10.1. The summed E-state index contributed by atoms with van der Waals surface area (Å²) >= 11 is 0. The van der Waals surface area contributed by atoms with Crippen LogP contribution in [0.5, 0.6) is 0 Å². The maximum absolute atomic E-state index is 12.7. The van der Waals surface area contributed by atoms with E-state index < -0.39 is 0 Å². The Labute approximate surface area is 176 Å². The number of fused-ring (bicyclic) bond motifs is 2. The standard InChI is InChI=1S/C23H27N5O2/c1-26-19(9-13-24-26)7-8-21(29)27-14-11-23(12-15-27)22-18(10-16-30-23)17-28(25-22)20-5-3-2-4-6-20/h2-6,9,13,17H,7-8,10-12,14-16H2,1H3. The molecule has 7 nitrogen and oxygen atoms in total. The first-order valence-electron chi connectivity index (χ1n) is 10.7. The highest BCUT2D eigenvalue weighted by molar-refractivity contribution is 5.76. The fourth-order valence-corrected chi connectivity index (χ4v) is 4.65. The van der Waals surface area contributed by atoms with Gasteiger partial charge in [0, 0.05) is 44.6 Å². The molecular formula is C23H27N5O2. The Hall–Kier alpha value is -2.93. The number of aryl methyl sites for hydroxylation is 2. The molecule has 30 heavy (non-hydrogen) atoms. The van der Waals surface area contributed by atoms with Gasteiger partial charge in [0.05, 0.1) is 18.0 Å². The predicted molar refractivity (Wildman–Crippen MR) is 112 cm³/mol. The minimum Gasteiger partial charge on any atom is -0.368 e. The van der Waals surface area contributed by atoms with Gasteiger partial charge < -0.3 is 9.64 Å². The molecule has 1 fully saturated rings. The number of ether oxygens (including phenoxy) is 1. The van der Waals surface area contributed by atoms with Gasteiger partial charge in [-0.2, -0.15) is 10.2 Å². The lowest BCUT2D eigenvalue weighted by molar-refractivity contribution is -0.141. The smallest absolute Gasteiger partial charge is 0.222 e. The lowest BCUT2D eigenvalue weighted by Gasteiger charge is -2.43. The second-order valence-electron chi connectivity index (χ2n) is 8.20. The second-order valence-corrected chi connectivity index (χ2v) is 8.20. The Morgan fingerprint density at radius 2 is 1.97 bits per heavy atom. The van der Waals surface area contributed by atoms with Crippen molar-refractivity contribution < 1.29 is 9.53 Å². The monoisotopic (exact) mass is 405 g/mol. The van der Waals surface area contributed by atoms with Crippen LogP contribution in [-0.2, 0) is 35.0 Å². The first-order valence-corrected chi connectivity index (χ1v) is 10.7. The molecule has 0 unspecified atom stereocenters. The average molecular weight is 406 g/mol. The SMILES string of the molecule is Cn1nccc1CCC(=O)N1CCC2(CC1)OCCc1cn(-c3ccccc3)nc12. The molecular weight excluding hydrogens is 378 g/mol. The van der Waals surface area contributed by atoms with Gasteiger partial charge in [-0.3, -0.25) is 9.48 Å². The van der Waals surface area contributed by atoms with E-state index in [0.29, 0.717) is 26.1 Å². The van der Waals surface area contributed by atoms with Gasteiger partial charge in [-0.15, -0.1) is 0 Å². The Morgan fingerprint density at radius 3 is 2.70 bits per heavy atom. The van der Waals surface area contributed by atoms with Gasteiger partial charge in [0.1, 0.15) is 5.60 Å². The van der Waals surface area contributed by atoms with Gasteiger partial charge in [-0.25, -0.2) is 4.68 Å². The molecule has 0 radical (unpaired) electrons. The van der Waals surface area contributed by atoms with Crippen molar-refractivity contribution in [3.05, 3.63) is 65.7 Å². The Bertz CT molecular complexity index is 1030. The van der Waals surface area contributed by atoms with Crippen molar-refractivity contribution in [3.8, 4) is 5.69 Å². The third-order valence-electron chi connectivity index (χ3n) is 6.43. The topological polar surface area (TPSA) is 65.2 Å². The fraction of sp³-hybridized carbons (Fsp3) is 0.435. The van der Waals surface area contributed by atoms with E-state index in [1.807, 2.05) is 45.6 Å². The van der Waals surface area contributed by atoms with E-state index in [9.17, 15) is 4.79 Å². The second kappa shape index (κ2) is 7.72. The van der Waals surface area contributed by atoms with Crippen LogP contribution < -0.4 is 0 Å². The molecule has 4 heterocycles. The molecule has 0 atom stereocenters. The average Bonchev–Trinajstić information content (AvgIpc) is 3.40. The lowest BCUT2D eigenvalue weighted by Crippen LogP contribution is -2.48. The van der Waals surface area contributed by atoms with Crippen molar-refractivity contribution in [3.63, 3.8) is 0 Å². The normalized spacial score (nSPS) is 17.8. The number of hydrogen-bond acceptors (Lipinski definition) is 4. The lowest BCUT2D eigenvalue weighted by atomic mass is 9.83. The van der Waals surface area contributed by atoms with Crippen molar-refractivity contribution in [2.24, 2.45) is 7.05 Å². The van der Waals surface area contributed by atoms with Crippen molar-refractivity contribution in [1.82, 2.24) is 24.5 Å². The molecule has 1 aromatic carbocycles. The molecule has 0 N–H and O–H groups in total. The van der Waals surface area contributed by atoms with Gasteiger partial charge in [-0.1, -0.05) is 18.2 Å². The molecule has 1 spiro atoms. The zero-order valence-electron chi connectivity index (χ0n) is 17.3. The number of para-hydroxylation sites is 1. The van der Waals surface area contributed by atoms with E-state index in [4.69, 9.17) is 9.84 Å². The largest absolute Gasteiger partial charge is 0.368 e. The van der Waals surface area contributed by atoms with Gasteiger partial charge in [-0.05, 0) is 49.4 Å². The molecule has 3 aromatic rings. The Morgan fingerprint density at radius 1 is 1.17 bits per heavy atom. The van der Waals surface area contributed by atoms with Gasteiger partial charge in [0.25, 0.3) is 0 Å². The Kier molecular flexibility index (Phi) is 4.90. The summed E-state index contributed by atoms with van der Waals surface area (Å²) in [4.78, 5) is 14.7. The van der Waals surface area contributed by atoms with Crippen molar-refractivity contribution in [2.75, 3.05) is 19.7 Å². The van der Waals surface area contributed by atoms with Crippen molar-refractivity contribution in [1.29, 1.82) is 0 Å². The number of carbonyl (C=O) groups excluding carboxylic acids is 1. The molecule has 2 aromatic heterocycles.